The average molecular weight is 547 g/mol. The fourth-order valence-corrected chi connectivity index (χ4v) is 4.63. The molecule has 2 heterocycles. The van der Waals surface area contributed by atoms with Gasteiger partial charge in [-0.15, -0.1) is 16.4 Å². The Balaban J connectivity index is 1.34. The number of nitrogens with zero attached hydrogens (tertiary/aromatic N) is 4. The van der Waals surface area contributed by atoms with E-state index in [0.717, 1.165) is 15.2 Å². The first-order valence-corrected chi connectivity index (χ1v) is 12.6. The lowest BCUT2D eigenvalue weighted by Gasteiger charge is -2.19. The Morgan fingerprint density at radius 1 is 1.11 bits per heavy atom. The first-order chi connectivity index (χ1) is 17.2. The first kappa shape index (κ1) is 25.9. The minimum absolute atomic E-state index is 0.305. The van der Waals surface area contributed by atoms with Gasteiger partial charge in [-0.2, -0.15) is 5.10 Å². The van der Waals surface area contributed by atoms with Gasteiger partial charge in [0, 0.05) is 11.6 Å². The molecule has 4 aromatic rings. The highest BCUT2D eigenvalue weighted by Gasteiger charge is 2.16. The summed E-state index contributed by atoms with van der Waals surface area (Å²) in [6, 6.07) is 10.9. The summed E-state index contributed by atoms with van der Waals surface area (Å²) >= 11 is 14.1. The zero-order valence-electron chi connectivity index (χ0n) is 19.8. The monoisotopic (exact) mass is 546 g/mol. The molecule has 12 heteroatoms. The predicted octanol–water partition coefficient (Wildman–Crippen LogP) is 5.97. The molecule has 0 bridgehead atoms. The quantitative estimate of drug-likeness (QED) is 0.260. The molecular formula is C24H24Cl2N6O3S. The highest BCUT2D eigenvalue weighted by molar-refractivity contribution is 7.18. The van der Waals surface area contributed by atoms with Gasteiger partial charge in [-0.3, -0.25) is 0 Å². The molecule has 2 N–H and O–H groups in total. The number of amides is 1. The zero-order valence-corrected chi connectivity index (χ0v) is 22.2. The van der Waals surface area contributed by atoms with Crippen LogP contribution in [0.4, 0.5) is 10.7 Å². The average Bonchev–Trinajstić information content (AvgIpc) is 3.22. The standard InChI is InChI=1S/C24H24Cl2N6O3S/c1-24(2,3)35-23(33)27-9-10-34-14-7-8-19-17(11-14)30-20(36-19)13-28-22-31-18(12-29-32-22)21-15(25)5-4-6-16(21)26/h4-8,11-12H,9-10,13H2,1-3H3,(H,27,33)(H,28,31,32). The number of nitrogens with one attached hydrogen (secondary N) is 2. The highest BCUT2D eigenvalue weighted by atomic mass is 35.5. The molecule has 0 spiro atoms. The summed E-state index contributed by atoms with van der Waals surface area (Å²) in [4.78, 5) is 20.9. The maximum Gasteiger partial charge on any atom is 0.407 e. The number of hydrogen-bond acceptors (Lipinski definition) is 9. The molecule has 0 saturated carbocycles. The predicted molar refractivity (Wildman–Crippen MR) is 142 cm³/mol. The van der Waals surface area contributed by atoms with Crippen molar-refractivity contribution < 1.29 is 14.3 Å². The van der Waals surface area contributed by atoms with Gasteiger partial charge in [-0.1, -0.05) is 29.3 Å². The SMILES string of the molecule is CC(C)(C)OC(=O)NCCOc1ccc2sc(CNc3nncc(-c4c(Cl)cccc4Cl)n3)nc2c1. The Bertz CT molecular complexity index is 1360. The molecule has 0 saturated heterocycles. The van der Waals surface area contributed by atoms with Gasteiger partial charge >= 0.3 is 6.09 Å². The molecule has 2 aromatic heterocycles. The van der Waals surface area contributed by atoms with E-state index in [2.05, 4.69) is 30.8 Å². The summed E-state index contributed by atoms with van der Waals surface area (Å²) in [6.07, 6.45) is 1.04. The maximum atomic E-state index is 11.7. The van der Waals surface area contributed by atoms with Crippen LogP contribution in [0.1, 0.15) is 25.8 Å². The number of ether oxygens (including phenoxy) is 2. The van der Waals surface area contributed by atoms with Gasteiger partial charge in [0.1, 0.15) is 23.0 Å². The minimum Gasteiger partial charge on any atom is -0.492 e. The van der Waals surface area contributed by atoms with Crippen LogP contribution < -0.4 is 15.4 Å². The Morgan fingerprint density at radius 3 is 2.64 bits per heavy atom. The van der Waals surface area contributed by atoms with Crippen LogP contribution in [0.3, 0.4) is 0 Å². The largest absolute Gasteiger partial charge is 0.492 e. The van der Waals surface area contributed by atoms with E-state index < -0.39 is 11.7 Å². The number of thiazole rings is 1. The van der Waals surface area contributed by atoms with E-state index in [0.29, 0.717) is 52.7 Å². The van der Waals surface area contributed by atoms with Gasteiger partial charge in [0.2, 0.25) is 5.95 Å². The van der Waals surface area contributed by atoms with Gasteiger partial charge in [0.05, 0.1) is 45.2 Å². The Kier molecular flexibility index (Phi) is 8.07. The zero-order chi connectivity index (χ0) is 25.7. The van der Waals surface area contributed by atoms with Crippen molar-refractivity contribution in [1.29, 1.82) is 0 Å². The second-order valence-electron chi connectivity index (χ2n) is 8.63. The van der Waals surface area contributed by atoms with Gasteiger partial charge in [-0.25, -0.2) is 14.8 Å². The third-order valence-electron chi connectivity index (χ3n) is 4.62. The fraction of sp³-hybridized carbons (Fsp3) is 0.292. The van der Waals surface area contributed by atoms with Crippen LogP contribution in [-0.4, -0.2) is 45.0 Å². The molecule has 0 aliphatic carbocycles. The summed E-state index contributed by atoms with van der Waals surface area (Å²) in [5, 5.41) is 15.7. The number of carbonyl (C=O) groups excluding carboxylic acids is 1. The number of carbonyl (C=O) groups is 1. The van der Waals surface area contributed by atoms with E-state index in [-0.39, 0.29) is 0 Å². The van der Waals surface area contributed by atoms with Crippen molar-refractivity contribution >= 4 is 56.8 Å². The van der Waals surface area contributed by atoms with Crippen molar-refractivity contribution in [3.8, 4) is 17.0 Å². The van der Waals surface area contributed by atoms with Crippen LogP contribution in [0, 0.1) is 0 Å². The Labute approximate surface area is 222 Å². The number of hydrogen-bond donors (Lipinski definition) is 2. The Morgan fingerprint density at radius 2 is 1.89 bits per heavy atom. The number of alkyl carbamates (subject to hydrolysis) is 1. The number of halogens is 2. The molecule has 1 amide bonds. The van der Waals surface area contributed by atoms with Crippen LogP contribution in [0.5, 0.6) is 5.75 Å². The van der Waals surface area contributed by atoms with Crippen molar-refractivity contribution in [3.05, 3.63) is 57.6 Å². The van der Waals surface area contributed by atoms with E-state index in [1.165, 1.54) is 6.20 Å². The van der Waals surface area contributed by atoms with Crippen molar-refractivity contribution in [2.24, 2.45) is 0 Å². The molecule has 0 atom stereocenters. The van der Waals surface area contributed by atoms with Crippen molar-refractivity contribution in [3.63, 3.8) is 0 Å². The molecule has 9 nitrogen and oxygen atoms in total. The van der Waals surface area contributed by atoms with E-state index in [1.807, 2.05) is 39.0 Å². The second kappa shape index (κ2) is 11.2. The molecule has 0 unspecified atom stereocenters. The molecule has 188 valence electrons. The smallest absolute Gasteiger partial charge is 0.407 e. The lowest BCUT2D eigenvalue weighted by molar-refractivity contribution is 0.0520. The second-order valence-corrected chi connectivity index (χ2v) is 10.6. The molecule has 0 aliphatic rings. The maximum absolute atomic E-state index is 11.7. The molecule has 2 aromatic carbocycles. The third kappa shape index (κ3) is 6.93. The van der Waals surface area contributed by atoms with Gasteiger partial charge in [-0.05, 0) is 45.0 Å². The van der Waals surface area contributed by atoms with Gasteiger partial charge in [0.25, 0.3) is 0 Å². The van der Waals surface area contributed by atoms with Crippen LogP contribution in [0.25, 0.3) is 21.5 Å². The molecule has 0 radical (unpaired) electrons. The molecular weight excluding hydrogens is 523 g/mol. The summed E-state index contributed by atoms with van der Waals surface area (Å²) in [5.74, 6) is 0.999. The van der Waals surface area contributed by atoms with Crippen molar-refractivity contribution in [2.75, 3.05) is 18.5 Å². The summed E-state index contributed by atoms with van der Waals surface area (Å²) in [5.41, 5.74) is 1.40. The molecule has 4 rings (SSSR count). The van der Waals surface area contributed by atoms with E-state index in [1.54, 1.807) is 29.5 Å². The van der Waals surface area contributed by atoms with Crippen molar-refractivity contribution in [1.82, 2.24) is 25.5 Å². The van der Waals surface area contributed by atoms with Crippen LogP contribution >= 0.6 is 34.5 Å². The minimum atomic E-state index is -0.540. The summed E-state index contributed by atoms with van der Waals surface area (Å²) in [6.45, 7) is 6.48. The van der Waals surface area contributed by atoms with Crippen LogP contribution in [0.15, 0.2) is 42.6 Å². The summed E-state index contributed by atoms with van der Waals surface area (Å²) < 4.78 is 12.0. The Hall–Kier alpha value is -3.21. The van der Waals surface area contributed by atoms with Crippen LogP contribution in [0.2, 0.25) is 10.0 Å². The molecule has 36 heavy (non-hydrogen) atoms. The topological polar surface area (TPSA) is 111 Å². The highest BCUT2D eigenvalue weighted by Crippen LogP contribution is 2.33. The summed E-state index contributed by atoms with van der Waals surface area (Å²) in [7, 11) is 0. The van der Waals surface area contributed by atoms with Gasteiger partial charge < -0.3 is 20.1 Å². The lowest BCUT2D eigenvalue weighted by atomic mass is 10.1. The number of aromatic nitrogens is 4. The fourth-order valence-electron chi connectivity index (χ4n) is 3.15. The van der Waals surface area contributed by atoms with E-state index in [4.69, 9.17) is 32.7 Å². The number of fused-ring (bicyclic) bond motifs is 1. The molecule has 0 fully saturated rings. The van der Waals surface area contributed by atoms with Gasteiger partial charge in [0.15, 0.2) is 0 Å². The lowest BCUT2D eigenvalue weighted by Crippen LogP contribution is -2.34. The first-order valence-electron chi connectivity index (χ1n) is 11.0. The third-order valence-corrected chi connectivity index (χ3v) is 6.28. The van der Waals surface area contributed by atoms with Crippen molar-refractivity contribution in [2.45, 2.75) is 32.9 Å². The van der Waals surface area contributed by atoms with E-state index in [9.17, 15) is 4.79 Å². The normalized spacial score (nSPS) is 11.4. The van der Waals surface area contributed by atoms with Crippen LogP contribution in [-0.2, 0) is 11.3 Å². The number of benzene rings is 2. The number of rotatable bonds is 8. The molecule has 0 aliphatic heterocycles. The van der Waals surface area contributed by atoms with E-state index >= 15 is 0 Å². The number of anilines is 1.